The summed E-state index contributed by atoms with van der Waals surface area (Å²) in [6.07, 6.45) is 0.901. The fraction of sp³-hybridized carbons (Fsp3) is 0.310. The van der Waals surface area contributed by atoms with E-state index in [1.54, 1.807) is 12.1 Å². The van der Waals surface area contributed by atoms with Crippen molar-refractivity contribution in [2.45, 2.75) is 33.1 Å². The molecule has 3 aromatic rings. The van der Waals surface area contributed by atoms with Gasteiger partial charge in [0.15, 0.2) is 0 Å². The van der Waals surface area contributed by atoms with Gasteiger partial charge in [-0.25, -0.2) is 4.57 Å². The Morgan fingerprint density at radius 1 is 0.838 bits per heavy atom. The summed E-state index contributed by atoms with van der Waals surface area (Å²) < 4.78 is 14.8. The molecule has 0 bridgehead atoms. The Morgan fingerprint density at radius 2 is 1.30 bits per heavy atom. The molecule has 0 aliphatic heterocycles. The van der Waals surface area contributed by atoms with Gasteiger partial charge in [-0.15, -0.1) is 0 Å². The zero-order chi connectivity index (χ0) is 27.6. The molecule has 0 saturated carbocycles. The molecule has 8 heteroatoms. The van der Waals surface area contributed by atoms with Crippen molar-refractivity contribution in [1.29, 1.82) is 0 Å². The van der Waals surface area contributed by atoms with Crippen LogP contribution in [0.3, 0.4) is 0 Å². The van der Waals surface area contributed by atoms with E-state index in [9.17, 15) is 5.11 Å². The molecule has 0 aliphatic rings. The summed E-state index contributed by atoms with van der Waals surface area (Å²) in [7, 11) is -0.553. The molecular formula is C29H38NO6P. The Morgan fingerprint density at radius 3 is 1.73 bits per heavy atom. The first-order valence-electron chi connectivity index (χ1n) is 12.2. The summed E-state index contributed by atoms with van der Waals surface area (Å²) in [6, 6.07) is 24.7. The van der Waals surface area contributed by atoms with Crippen LogP contribution in [0.1, 0.15) is 55.4 Å². The van der Waals surface area contributed by atoms with E-state index in [2.05, 4.69) is 62.1 Å². The second kappa shape index (κ2) is 14.1. The average molecular weight is 528 g/mol. The van der Waals surface area contributed by atoms with E-state index >= 15 is 0 Å². The second-order valence-corrected chi connectivity index (χ2v) is 10.2. The number of hydrogen-bond donors (Lipinski definition) is 4. The number of hydrogen-bond acceptors (Lipinski definition) is 4. The number of allylic oxidation sites excluding steroid dienone is 1. The third kappa shape index (κ3) is 10.5. The third-order valence-corrected chi connectivity index (χ3v) is 5.69. The van der Waals surface area contributed by atoms with Crippen LogP contribution >= 0.6 is 7.82 Å². The van der Waals surface area contributed by atoms with Crippen molar-refractivity contribution in [3.8, 4) is 11.5 Å². The highest BCUT2D eigenvalue weighted by atomic mass is 31.2. The maximum absolute atomic E-state index is 9.83. The van der Waals surface area contributed by atoms with Gasteiger partial charge in [0.2, 0.25) is 0 Å². The molecule has 4 N–H and O–H groups in total. The third-order valence-electron chi connectivity index (χ3n) is 5.69. The molecule has 3 rings (SSSR count). The molecule has 0 spiro atoms. The zero-order valence-electron chi connectivity index (χ0n) is 22.1. The largest absolute Gasteiger partial charge is 0.508 e. The van der Waals surface area contributed by atoms with Crippen molar-refractivity contribution >= 4 is 19.0 Å². The zero-order valence-corrected chi connectivity index (χ0v) is 23.0. The molecule has 0 amide bonds. The number of nitrogens with zero attached hydrogens (tertiary/aromatic N) is 1. The number of phenolic OH excluding ortho intramolecular Hbond substituents is 1. The van der Waals surface area contributed by atoms with Crippen molar-refractivity contribution in [1.82, 2.24) is 4.90 Å². The molecule has 0 fully saturated rings. The molecule has 0 heterocycles. The summed E-state index contributed by atoms with van der Waals surface area (Å²) in [5.74, 6) is 1.66. The molecular weight excluding hydrogens is 489 g/mol. The number of phosphoric acid groups is 1. The van der Waals surface area contributed by atoms with Crippen LogP contribution in [0.15, 0.2) is 72.8 Å². The molecule has 200 valence electrons. The highest BCUT2D eigenvalue weighted by Crippen LogP contribution is 2.36. The van der Waals surface area contributed by atoms with Crippen LogP contribution in [-0.4, -0.2) is 51.9 Å². The van der Waals surface area contributed by atoms with Gasteiger partial charge in [-0.05, 0) is 84.1 Å². The van der Waals surface area contributed by atoms with Crippen molar-refractivity contribution in [3.05, 3.63) is 95.1 Å². The molecule has 0 aliphatic carbocycles. The van der Waals surface area contributed by atoms with Gasteiger partial charge in [-0.1, -0.05) is 69.3 Å². The van der Waals surface area contributed by atoms with Gasteiger partial charge >= 0.3 is 7.82 Å². The van der Waals surface area contributed by atoms with Crippen LogP contribution in [0.25, 0.3) is 11.1 Å². The van der Waals surface area contributed by atoms with Crippen LogP contribution in [-0.2, 0) is 4.57 Å². The molecule has 7 nitrogen and oxygen atoms in total. The summed E-state index contributed by atoms with van der Waals surface area (Å²) in [5.41, 5.74) is 7.27. The lowest BCUT2D eigenvalue weighted by Crippen LogP contribution is -2.19. The summed E-state index contributed by atoms with van der Waals surface area (Å²) in [6.45, 7) is 8.18. The fourth-order valence-electron chi connectivity index (χ4n) is 3.80. The number of likely N-dealkylation sites (N-methyl/N-ethyl adjacent to an activating group) is 1. The maximum atomic E-state index is 9.83. The lowest BCUT2D eigenvalue weighted by molar-refractivity contribution is 0.261. The fourth-order valence-corrected chi connectivity index (χ4v) is 3.80. The molecule has 0 aromatic heterocycles. The maximum Gasteiger partial charge on any atom is 0.466 e. The predicted molar refractivity (Wildman–Crippen MR) is 150 cm³/mol. The standard InChI is InChI=1S/C29H35NO2.H3O4P/c1-6-28(23-9-7-22(8-10-23)21(2)3)29(24-11-15-26(31)16-12-24)25-13-17-27(18-14-25)32-20-19-30(4)5;1-5(2,3)4/h7-18,21,31H,6,19-20H2,1-5H3;(H3,1,2,3,4)/b29-28-;. The first-order chi connectivity index (χ1) is 17.4. The van der Waals surface area contributed by atoms with E-state index in [-0.39, 0.29) is 5.75 Å². The lowest BCUT2D eigenvalue weighted by Gasteiger charge is -2.18. The number of benzene rings is 3. The summed E-state index contributed by atoms with van der Waals surface area (Å²) in [5, 5.41) is 9.83. The highest BCUT2D eigenvalue weighted by Gasteiger charge is 2.14. The Hall–Kier alpha value is -2.93. The van der Waals surface area contributed by atoms with E-state index in [0.717, 1.165) is 29.8 Å². The average Bonchev–Trinajstić information content (AvgIpc) is 2.83. The first-order valence-corrected chi connectivity index (χ1v) is 13.7. The molecule has 3 aromatic carbocycles. The van der Waals surface area contributed by atoms with Gasteiger partial charge in [0, 0.05) is 6.54 Å². The van der Waals surface area contributed by atoms with Gasteiger partial charge in [0.25, 0.3) is 0 Å². The van der Waals surface area contributed by atoms with E-state index in [4.69, 9.17) is 24.0 Å². The number of aromatic hydroxyl groups is 1. The van der Waals surface area contributed by atoms with E-state index in [0.29, 0.717) is 12.5 Å². The van der Waals surface area contributed by atoms with Crippen LogP contribution in [0, 0.1) is 0 Å². The monoisotopic (exact) mass is 527 g/mol. The van der Waals surface area contributed by atoms with Crippen molar-refractivity contribution in [3.63, 3.8) is 0 Å². The van der Waals surface area contributed by atoms with Gasteiger partial charge in [-0.3, -0.25) is 0 Å². The number of rotatable bonds is 9. The summed E-state index contributed by atoms with van der Waals surface area (Å²) >= 11 is 0. The number of phenols is 1. The topological polar surface area (TPSA) is 110 Å². The summed E-state index contributed by atoms with van der Waals surface area (Å²) in [4.78, 5) is 23.7. The predicted octanol–water partition coefficient (Wildman–Crippen LogP) is 5.90. The van der Waals surface area contributed by atoms with E-state index in [1.807, 2.05) is 38.4 Å². The normalized spacial score (nSPS) is 12.2. The van der Waals surface area contributed by atoms with Crippen molar-refractivity contribution < 1.29 is 29.1 Å². The first kappa shape index (κ1) is 30.3. The Kier molecular flexibility index (Phi) is 11.6. The van der Waals surface area contributed by atoms with Crippen LogP contribution in [0.5, 0.6) is 11.5 Å². The van der Waals surface area contributed by atoms with Crippen LogP contribution < -0.4 is 4.74 Å². The SMILES string of the molecule is CC/C(=C(\c1ccc(O)cc1)c1ccc(OCCN(C)C)cc1)c1ccc(C(C)C)cc1.O=P(O)(O)O. The van der Waals surface area contributed by atoms with Gasteiger partial charge in [0.05, 0.1) is 0 Å². The van der Waals surface area contributed by atoms with Crippen LogP contribution in [0.4, 0.5) is 0 Å². The Balaban J connectivity index is 0.000000877. The van der Waals surface area contributed by atoms with Crippen LogP contribution in [0.2, 0.25) is 0 Å². The number of ether oxygens (including phenoxy) is 1. The Bertz CT molecular complexity index is 1170. The quantitative estimate of drug-likeness (QED) is 0.203. The molecule has 37 heavy (non-hydrogen) atoms. The Labute approximate surface area is 219 Å². The lowest BCUT2D eigenvalue weighted by atomic mass is 9.87. The smallest absolute Gasteiger partial charge is 0.466 e. The van der Waals surface area contributed by atoms with Crippen molar-refractivity contribution in [2.24, 2.45) is 0 Å². The minimum absolute atomic E-state index is 0.275. The van der Waals surface area contributed by atoms with Gasteiger partial charge in [-0.2, -0.15) is 0 Å². The second-order valence-electron chi connectivity index (χ2n) is 9.22. The minimum atomic E-state index is -4.64. The van der Waals surface area contributed by atoms with Gasteiger partial charge < -0.3 is 29.4 Å². The molecule has 0 unspecified atom stereocenters. The van der Waals surface area contributed by atoms with E-state index in [1.165, 1.54) is 22.3 Å². The van der Waals surface area contributed by atoms with Crippen molar-refractivity contribution in [2.75, 3.05) is 27.2 Å². The highest BCUT2D eigenvalue weighted by molar-refractivity contribution is 7.45. The minimum Gasteiger partial charge on any atom is -0.508 e. The molecule has 0 atom stereocenters. The van der Waals surface area contributed by atoms with Gasteiger partial charge in [0.1, 0.15) is 18.1 Å². The molecule has 0 radical (unpaired) electrons. The van der Waals surface area contributed by atoms with E-state index < -0.39 is 7.82 Å². The molecule has 0 saturated heterocycles.